The van der Waals surface area contributed by atoms with E-state index in [1.54, 1.807) is 11.3 Å². The van der Waals surface area contributed by atoms with Crippen LogP contribution in [0.5, 0.6) is 0 Å². The summed E-state index contributed by atoms with van der Waals surface area (Å²) in [6, 6.07) is 4.16. The topological polar surface area (TPSA) is 81.7 Å². The Morgan fingerprint density at radius 3 is 3.00 bits per heavy atom. The Labute approximate surface area is 119 Å². The fraction of sp³-hybridized carbons (Fsp3) is 0.308. The Kier molecular flexibility index (Phi) is 2.51. The van der Waals surface area contributed by atoms with E-state index in [9.17, 15) is 0 Å². The van der Waals surface area contributed by atoms with Gasteiger partial charge in [-0.2, -0.15) is 10.1 Å². The average Bonchev–Trinajstić information content (AvgIpc) is 3.05. The van der Waals surface area contributed by atoms with Crippen LogP contribution in [0.15, 0.2) is 18.3 Å². The van der Waals surface area contributed by atoms with Gasteiger partial charge < -0.3 is 0 Å². The van der Waals surface area contributed by atoms with E-state index in [-0.39, 0.29) is 0 Å². The lowest BCUT2D eigenvalue weighted by molar-refractivity contribution is 0.817. The van der Waals surface area contributed by atoms with Crippen molar-refractivity contribution in [2.45, 2.75) is 25.7 Å². The van der Waals surface area contributed by atoms with E-state index in [2.05, 4.69) is 39.5 Å². The molecule has 3 N–H and O–H groups in total. The fourth-order valence-electron chi connectivity index (χ4n) is 2.32. The number of thiophene rings is 1. The normalized spacial score (nSPS) is 14.9. The van der Waals surface area contributed by atoms with Gasteiger partial charge in [0.15, 0.2) is 5.82 Å². The highest BCUT2D eigenvalue weighted by atomic mass is 32.1. The second-order valence-electron chi connectivity index (χ2n) is 5.05. The van der Waals surface area contributed by atoms with Gasteiger partial charge in [0.05, 0.1) is 11.1 Å². The largest absolute Gasteiger partial charge is 0.292 e. The van der Waals surface area contributed by atoms with Gasteiger partial charge in [0, 0.05) is 17.0 Å². The molecule has 1 saturated carbocycles. The van der Waals surface area contributed by atoms with Crippen LogP contribution in [0.4, 0.5) is 5.95 Å². The summed E-state index contributed by atoms with van der Waals surface area (Å²) in [7, 11) is 0. The number of aromatic nitrogens is 4. The molecule has 0 aromatic carbocycles. The number of nitrogens with one attached hydrogen (secondary N) is 1. The molecular formula is C13H14N6S. The standard InChI is InChI=1S/C13H14N6S/c1-7-6-9-11(15-13(17-14)16-12(9)20-7)19-5-4-10(18-19)8-2-3-8/h4-6,8H,2-3,14H2,1H3,(H,15,16,17). The van der Waals surface area contributed by atoms with Crippen molar-refractivity contribution in [3.63, 3.8) is 0 Å². The summed E-state index contributed by atoms with van der Waals surface area (Å²) in [5.74, 6) is 7.28. The van der Waals surface area contributed by atoms with Crippen molar-refractivity contribution in [2.24, 2.45) is 5.84 Å². The number of rotatable bonds is 3. The van der Waals surface area contributed by atoms with Gasteiger partial charge in [0.2, 0.25) is 5.95 Å². The van der Waals surface area contributed by atoms with E-state index < -0.39 is 0 Å². The van der Waals surface area contributed by atoms with E-state index in [0.29, 0.717) is 11.9 Å². The highest BCUT2D eigenvalue weighted by Crippen LogP contribution is 2.39. The Morgan fingerprint density at radius 2 is 2.25 bits per heavy atom. The molecule has 0 saturated heterocycles. The summed E-state index contributed by atoms with van der Waals surface area (Å²) in [5.41, 5.74) is 3.67. The molecule has 1 fully saturated rings. The van der Waals surface area contributed by atoms with Gasteiger partial charge in [0.1, 0.15) is 4.83 Å². The molecule has 0 amide bonds. The number of aryl methyl sites for hydroxylation is 1. The van der Waals surface area contributed by atoms with Crippen LogP contribution in [0, 0.1) is 6.92 Å². The third-order valence-electron chi connectivity index (χ3n) is 3.45. The van der Waals surface area contributed by atoms with E-state index in [1.807, 2.05) is 10.9 Å². The van der Waals surface area contributed by atoms with Crippen molar-refractivity contribution >= 4 is 27.5 Å². The quantitative estimate of drug-likeness (QED) is 0.570. The lowest BCUT2D eigenvalue weighted by atomic mass is 10.3. The Bertz CT molecular complexity index is 785. The van der Waals surface area contributed by atoms with Crippen molar-refractivity contribution < 1.29 is 0 Å². The number of hydrogen-bond donors (Lipinski definition) is 2. The molecule has 3 heterocycles. The zero-order valence-corrected chi connectivity index (χ0v) is 11.8. The third-order valence-corrected chi connectivity index (χ3v) is 4.39. The van der Waals surface area contributed by atoms with E-state index in [4.69, 9.17) is 5.84 Å². The van der Waals surface area contributed by atoms with E-state index >= 15 is 0 Å². The highest BCUT2D eigenvalue weighted by Gasteiger charge is 2.26. The van der Waals surface area contributed by atoms with Crippen LogP contribution in [-0.4, -0.2) is 19.7 Å². The molecule has 0 unspecified atom stereocenters. The summed E-state index contributed by atoms with van der Waals surface area (Å²) in [6.07, 6.45) is 4.44. The molecule has 3 aromatic heterocycles. The lowest BCUT2D eigenvalue weighted by Crippen LogP contribution is -2.12. The van der Waals surface area contributed by atoms with Crippen LogP contribution < -0.4 is 11.3 Å². The van der Waals surface area contributed by atoms with E-state index in [0.717, 1.165) is 21.7 Å². The highest BCUT2D eigenvalue weighted by molar-refractivity contribution is 7.18. The molecule has 0 radical (unpaired) electrons. The summed E-state index contributed by atoms with van der Waals surface area (Å²) in [5, 5.41) is 5.65. The maximum atomic E-state index is 5.46. The maximum absolute atomic E-state index is 5.46. The number of nitrogens with two attached hydrogens (primary N) is 1. The molecule has 1 aliphatic carbocycles. The Morgan fingerprint density at radius 1 is 1.40 bits per heavy atom. The van der Waals surface area contributed by atoms with Crippen molar-refractivity contribution in [1.29, 1.82) is 0 Å². The number of hydrazine groups is 1. The Hall–Kier alpha value is -1.99. The lowest BCUT2D eigenvalue weighted by Gasteiger charge is -2.05. The van der Waals surface area contributed by atoms with Gasteiger partial charge in [0.25, 0.3) is 0 Å². The zero-order chi connectivity index (χ0) is 13.7. The summed E-state index contributed by atoms with van der Waals surface area (Å²) >= 11 is 1.63. The number of fused-ring (bicyclic) bond motifs is 1. The first-order valence-electron chi connectivity index (χ1n) is 6.55. The van der Waals surface area contributed by atoms with Crippen molar-refractivity contribution in [1.82, 2.24) is 19.7 Å². The summed E-state index contributed by atoms with van der Waals surface area (Å²) < 4.78 is 1.82. The molecular weight excluding hydrogens is 272 g/mol. The van der Waals surface area contributed by atoms with Gasteiger partial charge in [-0.25, -0.2) is 15.5 Å². The third kappa shape index (κ3) is 1.86. The molecule has 1 aliphatic rings. The molecule has 20 heavy (non-hydrogen) atoms. The fourth-order valence-corrected chi connectivity index (χ4v) is 3.19. The smallest absolute Gasteiger partial charge is 0.240 e. The van der Waals surface area contributed by atoms with Crippen LogP contribution in [0.25, 0.3) is 16.0 Å². The first kappa shape index (κ1) is 11.8. The number of nitrogens with zero attached hydrogens (tertiary/aromatic N) is 4. The maximum Gasteiger partial charge on any atom is 0.240 e. The number of hydrogen-bond acceptors (Lipinski definition) is 6. The second-order valence-corrected chi connectivity index (χ2v) is 6.29. The minimum atomic E-state index is 0.415. The van der Waals surface area contributed by atoms with E-state index in [1.165, 1.54) is 17.7 Å². The van der Waals surface area contributed by atoms with Crippen molar-refractivity contribution in [3.05, 3.63) is 28.9 Å². The average molecular weight is 286 g/mol. The van der Waals surface area contributed by atoms with Crippen molar-refractivity contribution in [3.8, 4) is 5.82 Å². The first-order valence-corrected chi connectivity index (χ1v) is 7.37. The molecule has 3 aromatic rings. The van der Waals surface area contributed by atoms with Gasteiger partial charge in [-0.1, -0.05) is 0 Å². The molecule has 0 atom stereocenters. The first-order chi connectivity index (χ1) is 9.74. The molecule has 6 nitrogen and oxygen atoms in total. The summed E-state index contributed by atoms with van der Waals surface area (Å²) in [6.45, 7) is 2.06. The monoisotopic (exact) mass is 286 g/mol. The van der Waals surface area contributed by atoms with Crippen molar-refractivity contribution in [2.75, 3.05) is 5.43 Å². The van der Waals surface area contributed by atoms with Crippen LogP contribution in [0.2, 0.25) is 0 Å². The van der Waals surface area contributed by atoms with Gasteiger partial charge in [-0.3, -0.25) is 5.43 Å². The minimum Gasteiger partial charge on any atom is -0.292 e. The minimum absolute atomic E-state index is 0.415. The molecule has 4 rings (SSSR count). The molecule has 0 bridgehead atoms. The van der Waals surface area contributed by atoms with Crippen LogP contribution >= 0.6 is 11.3 Å². The van der Waals surface area contributed by atoms with Gasteiger partial charge >= 0.3 is 0 Å². The number of anilines is 1. The van der Waals surface area contributed by atoms with Crippen LogP contribution in [0.1, 0.15) is 29.3 Å². The molecule has 102 valence electrons. The van der Waals surface area contributed by atoms with Gasteiger partial charge in [-0.15, -0.1) is 11.3 Å². The number of nitrogen functional groups attached to an aromatic ring is 1. The second kappa shape index (κ2) is 4.26. The molecule has 0 aliphatic heterocycles. The predicted octanol–water partition coefficient (Wildman–Crippen LogP) is 2.35. The molecule has 0 spiro atoms. The summed E-state index contributed by atoms with van der Waals surface area (Å²) in [4.78, 5) is 11.0. The molecule has 7 heteroatoms. The predicted molar refractivity (Wildman–Crippen MR) is 79.1 cm³/mol. The van der Waals surface area contributed by atoms with Crippen LogP contribution in [0.3, 0.4) is 0 Å². The zero-order valence-electron chi connectivity index (χ0n) is 11.0. The van der Waals surface area contributed by atoms with Crippen LogP contribution in [-0.2, 0) is 0 Å². The SMILES string of the molecule is Cc1cc2c(-n3ccc(C4CC4)n3)nc(NN)nc2s1. The van der Waals surface area contributed by atoms with Gasteiger partial charge in [-0.05, 0) is 31.9 Å². The Balaban J connectivity index is 1.91.